The minimum atomic E-state index is -0.699. The number of fused-ring (bicyclic) bond motifs is 1. The van der Waals surface area contributed by atoms with E-state index in [1.807, 2.05) is 0 Å². The molecule has 1 fully saturated rings. The second kappa shape index (κ2) is 5.40. The average molecular weight is 274 g/mol. The van der Waals surface area contributed by atoms with E-state index in [0.29, 0.717) is 11.8 Å². The summed E-state index contributed by atoms with van der Waals surface area (Å²) >= 11 is 0. The van der Waals surface area contributed by atoms with Gasteiger partial charge < -0.3 is 9.84 Å². The number of hydrogen-bond acceptors (Lipinski definition) is 2. The molecule has 20 heavy (non-hydrogen) atoms. The third-order valence-electron chi connectivity index (χ3n) is 5.14. The molecule has 2 aliphatic rings. The van der Waals surface area contributed by atoms with Crippen LogP contribution in [0.1, 0.15) is 57.1 Å². The molecule has 1 aromatic carbocycles. The van der Waals surface area contributed by atoms with Crippen LogP contribution in [-0.2, 0) is 12.0 Å². The van der Waals surface area contributed by atoms with Crippen LogP contribution in [0.5, 0.6) is 5.75 Å². The van der Waals surface area contributed by atoms with Gasteiger partial charge in [-0.15, -0.1) is 0 Å². The molecule has 0 aromatic heterocycles. The lowest BCUT2D eigenvalue weighted by molar-refractivity contribution is -0.0739. The van der Waals surface area contributed by atoms with Crippen molar-refractivity contribution in [1.82, 2.24) is 0 Å². The fourth-order valence-corrected chi connectivity index (χ4v) is 4.13. The van der Waals surface area contributed by atoms with Crippen molar-refractivity contribution in [3.63, 3.8) is 0 Å². The first-order chi connectivity index (χ1) is 9.63. The molecule has 1 N–H and O–H groups in total. The van der Waals surface area contributed by atoms with Crippen molar-refractivity contribution < 1.29 is 9.84 Å². The summed E-state index contributed by atoms with van der Waals surface area (Å²) in [7, 11) is 0. The summed E-state index contributed by atoms with van der Waals surface area (Å²) in [4.78, 5) is 0. The van der Waals surface area contributed by atoms with Gasteiger partial charge in [-0.05, 0) is 43.1 Å². The predicted molar refractivity (Wildman–Crippen MR) is 81.0 cm³/mol. The molecule has 1 heterocycles. The van der Waals surface area contributed by atoms with E-state index in [1.54, 1.807) is 0 Å². The fraction of sp³-hybridized carbons (Fsp3) is 0.667. The number of hydrogen-bond donors (Lipinski definition) is 1. The quantitative estimate of drug-likeness (QED) is 0.881. The predicted octanol–water partition coefficient (Wildman–Crippen LogP) is 4.05. The van der Waals surface area contributed by atoms with E-state index in [-0.39, 0.29) is 0 Å². The van der Waals surface area contributed by atoms with Crippen molar-refractivity contribution in [2.45, 2.75) is 58.0 Å². The Morgan fingerprint density at radius 2 is 2.10 bits per heavy atom. The Bertz CT molecular complexity index is 480. The summed E-state index contributed by atoms with van der Waals surface area (Å²) < 4.78 is 5.94. The lowest BCUT2D eigenvalue weighted by Gasteiger charge is -2.44. The van der Waals surface area contributed by atoms with Crippen molar-refractivity contribution in [1.29, 1.82) is 0 Å². The number of ether oxygens (including phenoxy) is 1. The Balaban J connectivity index is 2.05. The van der Waals surface area contributed by atoms with Crippen LogP contribution in [0, 0.1) is 11.8 Å². The molecule has 0 radical (unpaired) electrons. The van der Waals surface area contributed by atoms with Gasteiger partial charge in [0.15, 0.2) is 0 Å². The second-order valence-electron chi connectivity index (χ2n) is 6.77. The normalized spacial score (nSPS) is 29.9. The first-order valence-electron chi connectivity index (χ1n) is 8.10. The van der Waals surface area contributed by atoms with Crippen LogP contribution in [0.3, 0.4) is 0 Å². The van der Waals surface area contributed by atoms with Crippen LogP contribution < -0.4 is 4.74 Å². The van der Waals surface area contributed by atoms with Gasteiger partial charge in [-0.3, -0.25) is 0 Å². The Labute approximate surface area is 122 Å². The highest BCUT2D eigenvalue weighted by molar-refractivity contribution is 5.46. The smallest absolute Gasteiger partial charge is 0.128 e. The molecule has 3 rings (SSSR count). The van der Waals surface area contributed by atoms with Gasteiger partial charge in [0.05, 0.1) is 12.2 Å². The molecule has 2 heteroatoms. The van der Waals surface area contributed by atoms with Gasteiger partial charge in [0, 0.05) is 5.56 Å². The number of para-hydroxylation sites is 1. The molecule has 2 nitrogen and oxygen atoms in total. The highest BCUT2D eigenvalue weighted by Crippen LogP contribution is 2.49. The Morgan fingerprint density at radius 1 is 1.25 bits per heavy atom. The molecule has 0 saturated heterocycles. The van der Waals surface area contributed by atoms with E-state index in [0.717, 1.165) is 50.0 Å². The van der Waals surface area contributed by atoms with E-state index < -0.39 is 5.60 Å². The maximum atomic E-state index is 11.4. The molecular weight excluding hydrogens is 248 g/mol. The SMILES string of the molecule is CC(C)C1CCCCC1(O)c1cccc2c1OCCC2. The molecule has 0 bridgehead atoms. The second-order valence-corrected chi connectivity index (χ2v) is 6.77. The zero-order valence-corrected chi connectivity index (χ0v) is 12.7. The van der Waals surface area contributed by atoms with Crippen molar-refractivity contribution in [2.24, 2.45) is 11.8 Å². The van der Waals surface area contributed by atoms with Crippen molar-refractivity contribution in [2.75, 3.05) is 6.61 Å². The lowest BCUT2D eigenvalue weighted by atomic mass is 9.66. The highest BCUT2D eigenvalue weighted by atomic mass is 16.5. The largest absolute Gasteiger partial charge is 0.493 e. The van der Waals surface area contributed by atoms with Crippen LogP contribution in [0.4, 0.5) is 0 Å². The van der Waals surface area contributed by atoms with Crippen LogP contribution in [0.15, 0.2) is 18.2 Å². The molecule has 1 aromatic rings. The standard InChI is InChI=1S/C18H26O2/c1-13(2)15-9-3-4-11-18(15,19)16-10-5-7-14-8-6-12-20-17(14)16/h5,7,10,13,15,19H,3-4,6,8-9,11-12H2,1-2H3. The lowest BCUT2D eigenvalue weighted by Crippen LogP contribution is -2.41. The first kappa shape index (κ1) is 13.9. The van der Waals surface area contributed by atoms with Gasteiger partial charge >= 0.3 is 0 Å². The van der Waals surface area contributed by atoms with Gasteiger partial charge in [0.25, 0.3) is 0 Å². The summed E-state index contributed by atoms with van der Waals surface area (Å²) in [5.74, 6) is 1.82. The maximum absolute atomic E-state index is 11.4. The third-order valence-corrected chi connectivity index (χ3v) is 5.14. The summed E-state index contributed by atoms with van der Waals surface area (Å²) in [6.07, 6.45) is 6.51. The van der Waals surface area contributed by atoms with E-state index in [9.17, 15) is 5.11 Å². The number of rotatable bonds is 2. The summed E-state index contributed by atoms with van der Waals surface area (Å²) in [5.41, 5.74) is 1.62. The van der Waals surface area contributed by atoms with E-state index in [1.165, 1.54) is 12.0 Å². The monoisotopic (exact) mass is 274 g/mol. The average Bonchev–Trinajstić information content (AvgIpc) is 2.46. The summed E-state index contributed by atoms with van der Waals surface area (Å²) in [6, 6.07) is 6.33. The fourth-order valence-electron chi connectivity index (χ4n) is 4.13. The number of aliphatic hydroxyl groups is 1. The molecule has 1 aliphatic heterocycles. The van der Waals surface area contributed by atoms with Crippen LogP contribution in [0.2, 0.25) is 0 Å². The number of aryl methyl sites for hydroxylation is 1. The first-order valence-corrected chi connectivity index (χ1v) is 8.10. The molecule has 1 aliphatic carbocycles. The Morgan fingerprint density at radius 3 is 2.90 bits per heavy atom. The summed E-state index contributed by atoms with van der Waals surface area (Å²) in [6.45, 7) is 5.25. The van der Waals surface area contributed by atoms with Crippen LogP contribution >= 0.6 is 0 Å². The summed E-state index contributed by atoms with van der Waals surface area (Å²) in [5, 5.41) is 11.4. The maximum Gasteiger partial charge on any atom is 0.128 e. The van der Waals surface area contributed by atoms with Gasteiger partial charge in [-0.2, -0.15) is 0 Å². The van der Waals surface area contributed by atoms with E-state index in [2.05, 4.69) is 32.0 Å². The van der Waals surface area contributed by atoms with Crippen LogP contribution in [0.25, 0.3) is 0 Å². The molecule has 0 amide bonds. The van der Waals surface area contributed by atoms with Crippen molar-refractivity contribution >= 4 is 0 Å². The Kier molecular flexibility index (Phi) is 3.76. The minimum Gasteiger partial charge on any atom is -0.493 e. The molecule has 2 atom stereocenters. The minimum absolute atomic E-state index is 0.341. The zero-order chi connectivity index (χ0) is 14.2. The Hall–Kier alpha value is -1.02. The molecule has 1 saturated carbocycles. The number of benzene rings is 1. The van der Waals surface area contributed by atoms with Gasteiger partial charge in [0.2, 0.25) is 0 Å². The molecular formula is C18H26O2. The van der Waals surface area contributed by atoms with Crippen molar-refractivity contribution in [3.8, 4) is 5.75 Å². The molecule has 0 spiro atoms. The highest BCUT2D eigenvalue weighted by Gasteiger charge is 2.44. The van der Waals surface area contributed by atoms with Gasteiger partial charge in [-0.1, -0.05) is 44.9 Å². The third kappa shape index (κ3) is 2.24. The van der Waals surface area contributed by atoms with Crippen LogP contribution in [-0.4, -0.2) is 11.7 Å². The van der Waals surface area contributed by atoms with E-state index >= 15 is 0 Å². The molecule has 2 unspecified atom stereocenters. The van der Waals surface area contributed by atoms with Gasteiger partial charge in [-0.25, -0.2) is 0 Å². The molecule has 110 valence electrons. The van der Waals surface area contributed by atoms with Crippen molar-refractivity contribution in [3.05, 3.63) is 29.3 Å². The zero-order valence-electron chi connectivity index (χ0n) is 12.7. The topological polar surface area (TPSA) is 29.5 Å². The van der Waals surface area contributed by atoms with Gasteiger partial charge in [0.1, 0.15) is 5.75 Å². The van der Waals surface area contributed by atoms with E-state index in [4.69, 9.17) is 4.74 Å².